The number of nitrogens with zero attached hydrogens (tertiary/aromatic N) is 6. The highest BCUT2D eigenvalue weighted by molar-refractivity contribution is 6.25. The lowest BCUT2D eigenvalue weighted by Crippen LogP contribution is -2.39. The smallest absolute Gasteiger partial charge is 0.263 e. The molecule has 10 nitrogen and oxygen atoms in total. The summed E-state index contributed by atoms with van der Waals surface area (Å²) in [6.45, 7) is 0.0743. The van der Waals surface area contributed by atoms with E-state index in [-0.39, 0.29) is 24.2 Å². The number of rotatable bonds is 5. The minimum absolute atomic E-state index is 0.0743. The maximum absolute atomic E-state index is 13.3. The first-order valence-electron chi connectivity index (χ1n) is 10.8. The number of fused-ring (bicyclic) bond motifs is 2. The van der Waals surface area contributed by atoms with Crippen molar-refractivity contribution >= 4 is 17.5 Å². The van der Waals surface area contributed by atoms with Crippen LogP contribution in [0.5, 0.6) is 5.75 Å². The molecule has 0 unspecified atom stereocenters. The summed E-state index contributed by atoms with van der Waals surface area (Å²) in [5.41, 5.74) is 3.83. The van der Waals surface area contributed by atoms with E-state index in [1.54, 1.807) is 19.2 Å². The Morgan fingerprint density at radius 1 is 1.06 bits per heavy atom. The van der Waals surface area contributed by atoms with Crippen LogP contribution in [0.15, 0.2) is 57.3 Å². The van der Waals surface area contributed by atoms with E-state index in [4.69, 9.17) is 9.26 Å². The van der Waals surface area contributed by atoms with E-state index in [1.165, 1.54) is 21.0 Å². The van der Waals surface area contributed by atoms with E-state index < -0.39 is 12.1 Å². The van der Waals surface area contributed by atoms with Gasteiger partial charge >= 0.3 is 0 Å². The fourth-order valence-corrected chi connectivity index (χ4v) is 4.62. The second-order valence-electron chi connectivity index (χ2n) is 8.25. The molecular weight excluding hydrogens is 424 g/mol. The van der Waals surface area contributed by atoms with E-state index in [9.17, 15) is 9.59 Å². The molecule has 0 spiro atoms. The number of carbonyl (C=O) groups is 2. The molecule has 3 aromatic rings. The largest absolute Gasteiger partial charge is 0.497 e. The van der Waals surface area contributed by atoms with Gasteiger partial charge in [-0.05, 0) is 66.8 Å². The molecule has 1 aliphatic carbocycles. The third kappa shape index (κ3) is 3.17. The number of anilines is 1. The van der Waals surface area contributed by atoms with Gasteiger partial charge in [0.05, 0.1) is 12.8 Å². The first kappa shape index (κ1) is 19.6. The molecule has 2 atom stereocenters. The van der Waals surface area contributed by atoms with Crippen molar-refractivity contribution in [1.82, 2.24) is 15.1 Å². The van der Waals surface area contributed by atoms with Crippen LogP contribution in [0.25, 0.3) is 11.4 Å². The van der Waals surface area contributed by atoms with E-state index in [1.807, 2.05) is 30.3 Å². The molecular formula is C23H20N6O4. The highest BCUT2D eigenvalue weighted by Crippen LogP contribution is 2.35. The zero-order valence-electron chi connectivity index (χ0n) is 17.8. The van der Waals surface area contributed by atoms with Gasteiger partial charge in [0.15, 0.2) is 12.1 Å². The average Bonchev–Trinajstić information content (AvgIpc) is 3.61. The Morgan fingerprint density at radius 3 is 2.70 bits per heavy atom. The summed E-state index contributed by atoms with van der Waals surface area (Å²) in [6.07, 6.45) is 3.09. The van der Waals surface area contributed by atoms with Crippen LogP contribution < -0.4 is 9.64 Å². The lowest BCUT2D eigenvalue weighted by atomic mass is 10.1. The van der Waals surface area contributed by atoms with Crippen LogP contribution in [0.1, 0.15) is 23.4 Å². The van der Waals surface area contributed by atoms with Crippen LogP contribution in [-0.4, -0.2) is 46.2 Å². The SMILES string of the molecule is COc1ccc(-c2noc(CN3N=N[C@@H]4C(=O)N(c5ccc6c(c5)CCC6)C(=O)[C@H]43)n2)cc1. The zero-order chi connectivity index (χ0) is 22.5. The number of ether oxygens (including phenoxy) is 1. The summed E-state index contributed by atoms with van der Waals surface area (Å²) in [5, 5.41) is 13.6. The van der Waals surface area contributed by atoms with Crippen molar-refractivity contribution in [2.24, 2.45) is 10.3 Å². The quantitative estimate of drug-likeness (QED) is 0.556. The lowest BCUT2D eigenvalue weighted by molar-refractivity contribution is -0.123. The molecule has 1 saturated heterocycles. The van der Waals surface area contributed by atoms with Gasteiger partial charge in [-0.25, -0.2) is 4.90 Å². The third-order valence-electron chi connectivity index (χ3n) is 6.31. The summed E-state index contributed by atoms with van der Waals surface area (Å²) >= 11 is 0. The number of amides is 2. The minimum atomic E-state index is -0.866. The molecule has 2 amide bonds. The first-order chi connectivity index (χ1) is 16.1. The molecule has 1 fully saturated rings. The van der Waals surface area contributed by atoms with Crippen molar-refractivity contribution in [2.75, 3.05) is 12.0 Å². The summed E-state index contributed by atoms with van der Waals surface area (Å²) < 4.78 is 10.5. The monoisotopic (exact) mass is 444 g/mol. The molecule has 33 heavy (non-hydrogen) atoms. The van der Waals surface area contributed by atoms with Crippen LogP contribution in [0.3, 0.4) is 0 Å². The van der Waals surface area contributed by atoms with Gasteiger partial charge in [-0.15, -0.1) is 0 Å². The molecule has 0 bridgehead atoms. The Bertz CT molecular complexity index is 1280. The maximum Gasteiger partial charge on any atom is 0.263 e. The number of methoxy groups -OCH3 is 1. The van der Waals surface area contributed by atoms with E-state index >= 15 is 0 Å². The number of imide groups is 1. The van der Waals surface area contributed by atoms with Crippen molar-refractivity contribution < 1.29 is 18.8 Å². The number of carbonyl (C=O) groups excluding carboxylic acids is 2. The number of benzene rings is 2. The molecule has 166 valence electrons. The Hall–Kier alpha value is -4.08. The molecule has 10 heteroatoms. The number of hydrogen-bond acceptors (Lipinski definition) is 9. The molecule has 2 aromatic carbocycles. The Labute approximate surface area is 188 Å². The van der Waals surface area contributed by atoms with Gasteiger partial charge in [0.25, 0.3) is 11.8 Å². The van der Waals surface area contributed by atoms with E-state index in [2.05, 4.69) is 20.5 Å². The van der Waals surface area contributed by atoms with Crippen molar-refractivity contribution in [2.45, 2.75) is 37.9 Å². The fourth-order valence-electron chi connectivity index (χ4n) is 4.62. The van der Waals surface area contributed by atoms with Crippen LogP contribution in [0.2, 0.25) is 0 Å². The fraction of sp³-hybridized carbons (Fsp3) is 0.304. The van der Waals surface area contributed by atoms with E-state index in [0.717, 1.165) is 30.6 Å². The van der Waals surface area contributed by atoms with Gasteiger partial charge in [0, 0.05) is 5.56 Å². The van der Waals surface area contributed by atoms with Crippen molar-refractivity contribution in [3.8, 4) is 17.1 Å². The molecule has 0 N–H and O–H groups in total. The number of aryl methyl sites for hydroxylation is 2. The minimum Gasteiger partial charge on any atom is -0.497 e. The summed E-state index contributed by atoms with van der Waals surface area (Å²) in [4.78, 5) is 31.9. The van der Waals surface area contributed by atoms with Gasteiger partial charge in [-0.2, -0.15) is 10.1 Å². The number of hydrogen-bond donors (Lipinski definition) is 0. The molecule has 6 rings (SSSR count). The maximum atomic E-state index is 13.3. The topological polar surface area (TPSA) is 113 Å². The second kappa shape index (κ2) is 7.51. The highest BCUT2D eigenvalue weighted by Gasteiger charge is 2.55. The van der Waals surface area contributed by atoms with Gasteiger partial charge in [-0.1, -0.05) is 16.4 Å². The zero-order valence-corrected chi connectivity index (χ0v) is 17.8. The second-order valence-corrected chi connectivity index (χ2v) is 8.25. The van der Waals surface area contributed by atoms with Crippen LogP contribution >= 0.6 is 0 Å². The lowest BCUT2D eigenvalue weighted by Gasteiger charge is -2.19. The highest BCUT2D eigenvalue weighted by atomic mass is 16.5. The summed E-state index contributed by atoms with van der Waals surface area (Å²) in [7, 11) is 1.60. The van der Waals surface area contributed by atoms with Gasteiger partial charge in [-0.3, -0.25) is 14.6 Å². The standard InChI is InChI=1S/C23H20N6O4/c1-32-17-9-6-14(7-10-17)21-24-18(33-26-21)12-28-20-19(25-27-28)22(30)29(23(20)31)16-8-5-13-3-2-4-15(13)11-16/h5-11,19-20H,2-4,12H2,1H3/t19-,20-/m0/s1. The predicted octanol–water partition coefficient (Wildman–Crippen LogP) is 2.73. The summed E-state index contributed by atoms with van der Waals surface area (Å²) in [6, 6.07) is 11.4. The molecule has 0 saturated carbocycles. The first-order valence-corrected chi connectivity index (χ1v) is 10.8. The average molecular weight is 444 g/mol. The predicted molar refractivity (Wildman–Crippen MR) is 115 cm³/mol. The molecule has 1 aromatic heterocycles. The Kier molecular flexibility index (Phi) is 4.46. The van der Waals surface area contributed by atoms with Crippen molar-refractivity contribution in [1.29, 1.82) is 0 Å². The van der Waals surface area contributed by atoms with Crippen LogP contribution in [0.4, 0.5) is 5.69 Å². The van der Waals surface area contributed by atoms with Gasteiger partial charge in [0.1, 0.15) is 12.3 Å². The molecule has 2 aliphatic heterocycles. The molecule has 3 aliphatic rings. The third-order valence-corrected chi connectivity index (χ3v) is 6.31. The normalized spacial score (nSPS) is 21.1. The molecule has 0 radical (unpaired) electrons. The Balaban J connectivity index is 1.21. The van der Waals surface area contributed by atoms with Crippen molar-refractivity contribution in [3.63, 3.8) is 0 Å². The van der Waals surface area contributed by atoms with Crippen molar-refractivity contribution in [3.05, 3.63) is 59.5 Å². The van der Waals surface area contributed by atoms with Gasteiger partial charge in [0.2, 0.25) is 11.7 Å². The van der Waals surface area contributed by atoms with Crippen LogP contribution in [-0.2, 0) is 29.0 Å². The van der Waals surface area contributed by atoms with Gasteiger partial charge < -0.3 is 9.26 Å². The summed E-state index contributed by atoms with van der Waals surface area (Å²) in [5.74, 6) is 0.704. The van der Waals surface area contributed by atoms with E-state index in [0.29, 0.717) is 11.5 Å². The number of aromatic nitrogens is 2. The Morgan fingerprint density at radius 2 is 1.88 bits per heavy atom. The molecule has 3 heterocycles. The van der Waals surface area contributed by atoms with Crippen LogP contribution in [0, 0.1) is 0 Å².